The molecule has 4 aromatic rings. The SMILES string of the molecule is CN(Cc1ccc(C#Cc2ccc(I)cc2)cc1)CC(O)(Cn1cncn1)c1ccc(F)cc1F. The van der Waals surface area contributed by atoms with Crippen LogP contribution < -0.4 is 0 Å². The van der Waals surface area contributed by atoms with Crippen molar-refractivity contribution in [3.63, 3.8) is 0 Å². The minimum absolute atomic E-state index is 0.00229. The van der Waals surface area contributed by atoms with Crippen LogP contribution in [0.4, 0.5) is 8.78 Å². The summed E-state index contributed by atoms with van der Waals surface area (Å²) in [6, 6.07) is 19.1. The van der Waals surface area contributed by atoms with Gasteiger partial charge in [-0.2, -0.15) is 5.10 Å². The Balaban J connectivity index is 1.47. The molecule has 1 atom stereocenters. The lowest BCUT2D eigenvalue weighted by Gasteiger charge is -2.33. The molecule has 3 aromatic carbocycles. The van der Waals surface area contributed by atoms with E-state index in [1.165, 1.54) is 23.4 Å². The molecule has 0 bridgehead atoms. The second-order valence-corrected chi connectivity index (χ2v) is 9.62. The van der Waals surface area contributed by atoms with Crippen LogP contribution in [0.25, 0.3) is 0 Å². The number of rotatable bonds is 7. The van der Waals surface area contributed by atoms with Crippen molar-refractivity contribution >= 4 is 22.6 Å². The maximum Gasteiger partial charge on any atom is 0.137 e. The maximum atomic E-state index is 14.6. The van der Waals surface area contributed by atoms with E-state index in [0.29, 0.717) is 6.54 Å². The van der Waals surface area contributed by atoms with Gasteiger partial charge in [-0.1, -0.05) is 30.0 Å². The largest absolute Gasteiger partial charge is 0.382 e. The van der Waals surface area contributed by atoms with E-state index in [4.69, 9.17) is 0 Å². The van der Waals surface area contributed by atoms with E-state index < -0.39 is 17.2 Å². The standard InChI is InChI=1S/C27H23F2IN4O/c1-33(15-22-6-4-20(5-7-22)2-3-21-8-11-24(30)12-9-21)16-27(35,17-34-19-31-18-32-34)25-13-10-23(28)14-26(25)29/h4-14,18-19,35H,15-17H2,1H3. The smallest absolute Gasteiger partial charge is 0.137 e. The van der Waals surface area contributed by atoms with Crippen LogP contribution in [0.15, 0.2) is 79.4 Å². The van der Waals surface area contributed by atoms with Crippen molar-refractivity contribution in [2.24, 2.45) is 0 Å². The predicted molar refractivity (Wildman–Crippen MR) is 138 cm³/mol. The van der Waals surface area contributed by atoms with E-state index in [1.807, 2.05) is 60.5 Å². The van der Waals surface area contributed by atoms with Crippen molar-refractivity contribution in [2.75, 3.05) is 13.6 Å². The monoisotopic (exact) mass is 584 g/mol. The molecule has 1 unspecified atom stereocenters. The van der Waals surface area contributed by atoms with Gasteiger partial charge in [0.1, 0.15) is 29.9 Å². The van der Waals surface area contributed by atoms with Crippen molar-refractivity contribution < 1.29 is 13.9 Å². The summed E-state index contributed by atoms with van der Waals surface area (Å²) in [7, 11) is 1.83. The second-order valence-electron chi connectivity index (χ2n) is 8.37. The molecule has 0 saturated carbocycles. The van der Waals surface area contributed by atoms with E-state index in [1.54, 1.807) is 0 Å². The van der Waals surface area contributed by atoms with E-state index in [-0.39, 0.29) is 18.7 Å². The normalized spacial score (nSPS) is 12.7. The second kappa shape index (κ2) is 11.1. The van der Waals surface area contributed by atoms with Crippen molar-refractivity contribution in [1.82, 2.24) is 19.7 Å². The van der Waals surface area contributed by atoms with Crippen molar-refractivity contribution in [3.05, 3.63) is 117 Å². The first kappa shape index (κ1) is 25.0. The fourth-order valence-corrected chi connectivity index (χ4v) is 4.21. The topological polar surface area (TPSA) is 54.2 Å². The lowest BCUT2D eigenvalue weighted by atomic mass is 9.92. The van der Waals surface area contributed by atoms with Gasteiger partial charge in [0.15, 0.2) is 0 Å². The molecule has 0 radical (unpaired) electrons. The number of benzene rings is 3. The Bertz CT molecular complexity index is 1330. The van der Waals surface area contributed by atoms with Crippen LogP contribution in [0, 0.1) is 27.0 Å². The molecule has 0 aliphatic rings. The Morgan fingerprint density at radius 2 is 1.66 bits per heavy atom. The van der Waals surface area contributed by atoms with E-state index in [0.717, 1.165) is 32.4 Å². The number of hydrogen-bond acceptors (Lipinski definition) is 4. The van der Waals surface area contributed by atoms with E-state index >= 15 is 0 Å². The highest BCUT2D eigenvalue weighted by Crippen LogP contribution is 2.28. The first-order valence-corrected chi connectivity index (χ1v) is 11.9. The Morgan fingerprint density at radius 3 is 2.26 bits per heavy atom. The molecule has 178 valence electrons. The van der Waals surface area contributed by atoms with Gasteiger partial charge in [-0.05, 0) is 77.7 Å². The number of halogens is 3. The van der Waals surface area contributed by atoms with Gasteiger partial charge < -0.3 is 5.11 Å². The highest BCUT2D eigenvalue weighted by molar-refractivity contribution is 14.1. The number of aliphatic hydroxyl groups is 1. The van der Waals surface area contributed by atoms with Gasteiger partial charge >= 0.3 is 0 Å². The highest BCUT2D eigenvalue weighted by Gasteiger charge is 2.34. The summed E-state index contributed by atoms with van der Waals surface area (Å²) in [5.41, 5.74) is 1.21. The molecule has 35 heavy (non-hydrogen) atoms. The first-order chi connectivity index (χ1) is 16.8. The van der Waals surface area contributed by atoms with Gasteiger partial charge in [-0.3, -0.25) is 4.90 Å². The summed E-state index contributed by atoms with van der Waals surface area (Å²) in [4.78, 5) is 5.77. The molecular formula is C27H23F2IN4O. The van der Waals surface area contributed by atoms with Gasteiger partial charge in [0.25, 0.3) is 0 Å². The third kappa shape index (κ3) is 6.72. The highest BCUT2D eigenvalue weighted by atomic mass is 127. The van der Waals surface area contributed by atoms with Crippen LogP contribution in [-0.2, 0) is 18.7 Å². The summed E-state index contributed by atoms with van der Waals surface area (Å²) in [6.45, 7) is 0.560. The maximum absolute atomic E-state index is 14.6. The molecule has 0 amide bonds. The van der Waals surface area contributed by atoms with Crippen LogP contribution in [0.3, 0.4) is 0 Å². The summed E-state index contributed by atoms with van der Waals surface area (Å²) >= 11 is 2.26. The lowest BCUT2D eigenvalue weighted by molar-refractivity contribution is -0.0175. The van der Waals surface area contributed by atoms with Crippen LogP contribution >= 0.6 is 22.6 Å². The molecule has 8 heteroatoms. The Hall–Kier alpha value is -3.13. The molecule has 1 heterocycles. The molecule has 0 fully saturated rings. The van der Waals surface area contributed by atoms with Crippen LogP contribution in [-0.4, -0.2) is 38.4 Å². The Labute approximate surface area is 216 Å². The average Bonchev–Trinajstić information content (AvgIpc) is 3.32. The summed E-state index contributed by atoms with van der Waals surface area (Å²) in [6.07, 6.45) is 2.79. The number of aromatic nitrogens is 3. The summed E-state index contributed by atoms with van der Waals surface area (Å²) in [5, 5.41) is 15.5. The molecule has 1 N–H and O–H groups in total. The molecule has 1 aromatic heterocycles. The quantitative estimate of drug-likeness (QED) is 0.256. The van der Waals surface area contributed by atoms with Gasteiger partial charge in [0.2, 0.25) is 0 Å². The fourth-order valence-electron chi connectivity index (χ4n) is 3.85. The number of nitrogens with zero attached hydrogens (tertiary/aromatic N) is 4. The molecular weight excluding hydrogens is 561 g/mol. The Morgan fingerprint density at radius 1 is 1.00 bits per heavy atom. The molecule has 5 nitrogen and oxygen atoms in total. The summed E-state index contributed by atoms with van der Waals surface area (Å²) in [5.74, 6) is 4.81. The average molecular weight is 584 g/mol. The van der Waals surface area contributed by atoms with Crippen LogP contribution in [0.1, 0.15) is 22.3 Å². The number of hydrogen-bond donors (Lipinski definition) is 1. The third-order valence-corrected chi connectivity index (χ3v) is 6.18. The van der Waals surface area contributed by atoms with Gasteiger partial charge in [-0.25, -0.2) is 18.4 Å². The zero-order valence-corrected chi connectivity index (χ0v) is 21.2. The minimum atomic E-state index is -1.65. The summed E-state index contributed by atoms with van der Waals surface area (Å²) < 4.78 is 30.7. The predicted octanol–water partition coefficient (Wildman–Crippen LogP) is 4.58. The van der Waals surface area contributed by atoms with Crippen molar-refractivity contribution in [3.8, 4) is 11.8 Å². The van der Waals surface area contributed by atoms with Crippen molar-refractivity contribution in [2.45, 2.75) is 18.7 Å². The van der Waals surface area contributed by atoms with Crippen molar-refractivity contribution in [1.29, 1.82) is 0 Å². The van der Waals surface area contributed by atoms with E-state index in [9.17, 15) is 13.9 Å². The number of likely N-dealkylation sites (N-methyl/N-ethyl adjacent to an activating group) is 1. The molecule has 0 saturated heterocycles. The zero-order chi connectivity index (χ0) is 24.8. The van der Waals surface area contributed by atoms with Crippen LogP contribution in [0.2, 0.25) is 0 Å². The van der Waals surface area contributed by atoms with E-state index in [2.05, 4.69) is 44.5 Å². The van der Waals surface area contributed by atoms with Gasteiger partial charge in [0.05, 0.1) is 6.54 Å². The molecule has 0 aliphatic heterocycles. The molecule has 0 aliphatic carbocycles. The first-order valence-electron chi connectivity index (χ1n) is 10.9. The van der Waals surface area contributed by atoms with Crippen LogP contribution in [0.5, 0.6) is 0 Å². The van der Waals surface area contributed by atoms with Gasteiger partial charge in [-0.15, -0.1) is 0 Å². The molecule has 0 spiro atoms. The lowest BCUT2D eigenvalue weighted by Crippen LogP contribution is -2.43. The third-order valence-electron chi connectivity index (χ3n) is 5.46. The Kier molecular flexibility index (Phi) is 7.90. The fraction of sp³-hybridized carbons (Fsp3) is 0.185. The minimum Gasteiger partial charge on any atom is -0.382 e. The van der Waals surface area contributed by atoms with Gasteiger partial charge in [0, 0.05) is 39.4 Å². The zero-order valence-electron chi connectivity index (χ0n) is 19.0. The molecule has 4 rings (SSSR count).